The molecule has 0 radical (unpaired) electrons. The van der Waals surface area contributed by atoms with Crippen molar-refractivity contribution < 1.29 is 13.2 Å². The van der Waals surface area contributed by atoms with Crippen LogP contribution in [0.15, 0.2) is 12.1 Å². The molecule has 7 heteroatoms. The fraction of sp³-hybridized carbons (Fsp3) is 0.500. The van der Waals surface area contributed by atoms with E-state index in [9.17, 15) is 13.2 Å². The van der Waals surface area contributed by atoms with E-state index in [1.54, 1.807) is 17.0 Å². The number of rotatable bonds is 1. The molecule has 1 aromatic rings. The van der Waals surface area contributed by atoms with Gasteiger partial charge in [0.1, 0.15) is 0 Å². The number of nitrogens with two attached hydrogens (primary N) is 1. The van der Waals surface area contributed by atoms with Crippen molar-refractivity contribution in [3.05, 3.63) is 22.2 Å². The van der Waals surface area contributed by atoms with Crippen molar-refractivity contribution in [3.8, 4) is 0 Å². The Morgan fingerprint density at radius 3 is 2.00 bits per heavy atom. The molecule has 106 valence electrons. The number of hydrogen-bond acceptors (Lipinski definition) is 2. The lowest BCUT2D eigenvalue weighted by atomic mass is 9.96. The molecule has 2 rings (SSSR count). The van der Waals surface area contributed by atoms with Gasteiger partial charge in [0.2, 0.25) is 0 Å². The number of anilines is 2. The summed E-state index contributed by atoms with van der Waals surface area (Å²) in [5.74, 6) is -1.24. The molecule has 2 N–H and O–H groups in total. The van der Waals surface area contributed by atoms with Crippen LogP contribution in [0.3, 0.4) is 0 Å². The van der Waals surface area contributed by atoms with Gasteiger partial charge in [-0.05, 0) is 25.0 Å². The first kappa shape index (κ1) is 14.6. The maximum Gasteiger partial charge on any atom is 0.391 e. The number of nitrogens with zero attached hydrogens (tertiary/aromatic N) is 1. The molecule has 1 fully saturated rings. The van der Waals surface area contributed by atoms with Gasteiger partial charge in [0.05, 0.1) is 21.7 Å². The number of piperidine rings is 1. The number of halogens is 5. The summed E-state index contributed by atoms with van der Waals surface area (Å²) in [6, 6.07) is 3.11. The van der Waals surface area contributed by atoms with Crippen LogP contribution in [0.1, 0.15) is 12.8 Å². The van der Waals surface area contributed by atoms with Gasteiger partial charge in [-0.2, -0.15) is 13.2 Å². The van der Waals surface area contributed by atoms with E-state index in [0.717, 1.165) is 0 Å². The molecule has 0 bridgehead atoms. The average molecular weight is 313 g/mol. The molecule has 1 aliphatic heterocycles. The molecule has 2 nitrogen and oxygen atoms in total. The molecule has 0 spiro atoms. The van der Waals surface area contributed by atoms with Gasteiger partial charge in [-0.3, -0.25) is 0 Å². The van der Waals surface area contributed by atoms with Crippen LogP contribution in [0.25, 0.3) is 0 Å². The number of nitrogen functional groups attached to an aromatic ring is 1. The van der Waals surface area contributed by atoms with Gasteiger partial charge >= 0.3 is 6.18 Å². The Morgan fingerprint density at radius 1 is 1.11 bits per heavy atom. The van der Waals surface area contributed by atoms with Gasteiger partial charge in [0.25, 0.3) is 0 Å². The summed E-state index contributed by atoms with van der Waals surface area (Å²) in [4.78, 5) is 1.78. The van der Waals surface area contributed by atoms with Crippen LogP contribution in [-0.4, -0.2) is 19.3 Å². The Bertz CT molecular complexity index is 446. The summed E-state index contributed by atoms with van der Waals surface area (Å²) in [7, 11) is 0. The zero-order valence-electron chi connectivity index (χ0n) is 9.97. The second-order valence-electron chi connectivity index (χ2n) is 4.64. The molecular formula is C12H13Cl2F3N2. The maximum absolute atomic E-state index is 12.6. The van der Waals surface area contributed by atoms with E-state index in [2.05, 4.69) is 0 Å². The number of hydrogen-bond donors (Lipinski definition) is 1. The standard InChI is InChI=1S/C12H13Cl2F3N2/c13-9-5-8(18)6-10(14)11(9)19-3-1-7(2-4-19)12(15,16)17/h5-7H,1-4,18H2. The number of benzene rings is 1. The largest absolute Gasteiger partial charge is 0.399 e. The van der Waals surface area contributed by atoms with Crippen LogP contribution < -0.4 is 10.6 Å². The molecule has 19 heavy (non-hydrogen) atoms. The van der Waals surface area contributed by atoms with Crippen LogP contribution in [0.5, 0.6) is 0 Å². The zero-order chi connectivity index (χ0) is 14.2. The fourth-order valence-electron chi connectivity index (χ4n) is 2.32. The van der Waals surface area contributed by atoms with E-state index in [1.807, 2.05) is 0 Å². The highest BCUT2D eigenvalue weighted by atomic mass is 35.5. The summed E-state index contributed by atoms with van der Waals surface area (Å²) in [5, 5.41) is 0.742. The van der Waals surface area contributed by atoms with E-state index < -0.39 is 12.1 Å². The minimum absolute atomic E-state index is 0.0561. The SMILES string of the molecule is Nc1cc(Cl)c(N2CCC(C(F)(F)F)CC2)c(Cl)c1. The topological polar surface area (TPSA) is 29.3 Å². The second-order valence-corrected chi connectivity index (χ2v) is 5.45. The second kappa shape index (κ2) is 5.29. The van der Waals surface area contributed by atoms with Crippen LogP contribution in [0.4, 0.5) is 24.5 Å². The Hall–Kier alpha value is -0.810. The minimum atomic E-state index is -4.12. The molecule has 1 saturated heterocycles. The first-order chi connectivity index (χ1) is 8.79. The Balaban J connectivity index is 2.14. The fourth-order valence-corrected chi connectivity index (χ4v) is 3.06. The zero-order valence-corrected chi connectivity index (χ0v) is 11.5. The normalized spacial score (nSPS) is 17.8. The molecule has 1 aromatic carbocycles. The van der Waals surface area contributed by atoms with Crippen LogP contribution >= 0.6 is 23.2 Å². The smallest absolute Gasteiger partial charge is 0.391 e. The van der Waals surface area contributed by atoms with Gasteiger partial charge in [-0.15, -0.1) is 0 Å². The minimum Gasteiger partial charge on any atom is -0.399 e. The maximum atomic E-state index is 12.6. The molecule has 0 saturated carbocycles. The van der Waals surface area contributed by atoms with E-state index in [0.29, 0.717) is 21.4 Å². The van der Waals surface area contributed by atoms with Crippen LogP contribution in [0.2, 0.25) is 10.0 Å². The van der Waals surface area contributed by atoms with Crippen molar-refractivity contribution >= 4 is 34.6 Å². The van der Waals surface area contributed by atoms with Gasteiger partial charge in [0.15, 0.2) is 0 Å². The summed E-state index contributed by atoms with van der Waals surface area (Å²) in [6.45, 7) is 0.571. The molecular weight excluding hydrogens is 300 g/mol. The van der Waals surface area contributed by atoms with Gasteiger partial charge in [-0.25, -0.2) is 0 Å². The summed E-state index contributed by atoms with van der Waals surface area (Å²) in [5.41, 5.74) is 6.60. The lowest BCUT2D eigenvalue weighted by Crippen LogP contribution is -2.39. The van der Waals surface area contributed by atoms with E-state index in [1.165, 1.54) is 0 Å². The Labute approximate surface area is 119 Å². The quantitative estimate of drug-likeness (QED) is 0.781. The van der Waals surface area contributed by atoms with Gasteiger partial charge < -0.3 is 10.6 Å². The third-order valence-electron chi connectivity index (χ3n) is 3.31. The van der Waals surface area contributed by atoms with Crippen LogP contribution in [0, 0.1) is 5.92 Å². The van der Waals surface area contributed by atoms with Crippen molar-refractivity contribution in [3.63, 3.8) is 0 Å². The predicted octanol–water partition coefficient (Wildman–Crippen LogP) is 4.35. The van der Waals surface area contributed by atoms with Crippen molar-refractivity contribution in [1.29, 1.82) is 0 Å². The highest BCUT2D eigenvalue weighted by molar-refractivity contribution is 6.39. The van der Waals surface area contributed by atoms with E-state index >= 15 is 0 Å². The summed E-state index contributed by atoms with van der Waals surface area (Å²) < 4.78 is 37.8. The van der Waals surface area contributed by atoms with E-state index in [-0.39, 0.29) is 25.9 Å². The van der Waals surface area contributed by atoms with Crippen molar-refractivity contribution in [1.82, 2.24) is 0 Å². The molecule has 1 aliphatic rings. The van der Waals surface area contributed by atoms with Crippen LogP contribution in [-0.2, 0) is 0 Å². The third kappa shape index (κ3) is 3.20. The van der Waals surface area contributed by atoms with Crippen molar-refractivity contribution in [2.45, 2.75) is 19.0 Å². The average Bonchev–Trinajstić information content (AvgIpc) is 2.27. The molecule has 0 aromatic heterocycles. The molecule has 0 amide bonds. The van der Waals surface area contributed by atoms with Gasteiger partial charge in [-0.1, -0.05) is 23.2 Å². The van der Waals surface area contributed by atoms with E-state index in [4.69, 9.17) is 28.9 Å². The lowest BCUT2D eigenvalue weighted by molar-refractivity contribution is -0.179. The third-order valence-corrected chi connectivity index (χ3v) is 3.89. The first-order valence-electron chi connectivity index (χ1n) is 5.85. The lowest BCUT2D eigenvalue weighted by Gasteiger charge is -2.35. The Morgan fingerprint density at radius 2 is 1.58 bits per heavy atom. The first-order valence-corrected chi connectivity index (χ1v) is 6.61. The highest BCUT2D eigenvalue weighted by Gasteiger charge is 2.41. The summed E-state index contributed by atoms with van der Waals surface area (Å²) in [6.07, 6.45) is -4.01. The predicted molar refractivity (Wildman–Crippen MR) is 71.9 cm³/mol. The van der Waals surface area contributed by atoms with Crippen molar-refractivity contribution in [2.75, 3.05) is 23.7 Å². The molecule has 0 atom stereocenters. The Kier molecular flexibility index (Phi) is 4.06. The molecule has 0 unspecified atom stereocenters. The monoisotopic (exact) mass is 312 g/mol. The summed E-state index contributed by atoms with van der Waals surface area (Å²) >= 11 is 12.1. The highest BCUT2D eigenvalue weighted by Crippen LogP contribution is 2.40. The molecule has 1 heterocycles. The van der Waals surface area contributed by atoms with Crippen molar-refractivity contribution in [2.24, 2.45) is 5.92 Å². The molecule has 0 aliphatic carbocycles. The number of alkyl halides is 3. The van der Waals surface area contributed by atoms with Gasteiger partial charge in [0, 0.05) is 18.8 Å².